The molecule has 0 aliphatic carbocycles. The molecule has 0 saturated carbocycles. The Morgan fingerprint density at radius 3 is 2.72 bits per heavy atom. The van der Waals surface area contributed by atoms with Crippen LogP contribution in [0.25, 0.3) is 10.9 Å². The Balaban J connectivity index is 1.67. The molecule has 4 N–H and O–H groups in total. The summed E-state index contributed by atoms with van der Waals surface area (Å²) in [5, 5.41) is 25.3. The van der Waals surface area contributed by atoms with E-state index in [9.17, 15) is 24.6 Å². The number of carbonyl (C=O) groups is 3. The summed E-state index contributed by atoms with van der Waals surface area (Å²) >= 11 is 0. The molecule has 3 atom stereocenters. The van der Waals surface area contributed by atoms with Crippen molar-refractivity contribution in [2.75, 3.05) is 6.54 Å². The summed E-state index contributed by atoms with van der Waals surface area (Å²) in [6, 6.07) is 6.62. The van der Waals surface area contributed by atoms with Crippen molar-refractivity contribution in [2.24, 2.45) is 5.41 Å². The maximum absolute atomic E-state index is 13.5. The van der Waals surface area contributed by atoms with Gasteiger partial charge in [-0.15, -0.1) is 0 Å². The predicted molar refractivity (Wildman–Crippen MR) is 116 cm³/mol. The Labute approximate surface area is 185 Å². The Bertz CT molecular complexity index is 1070. The predicted octanol–water partition coefficient (Wildman–Crippen LogP) is 2.39. The Kier molecular flexibility index (Phi) is 5.20. The summed E-state index contributed by atoms with van der Waals surface area (Å²) in [5.41, 5.74) is -2.84. The van der Waals surface area contributed by atoms with Crippen LogP contribution in [-0.2, 0) is 20.7 Å². The number of aromatic amines is 1. The minimum absolute atomic E-state index is 0.0663. The summed E-state index contributed by atoms with van der Waals surface area (Å²) in [6.45, 7) is 5.41. The average molecular weight is 444 g/mol. The molecule has 2 amide bonds. The van der Waals surface area contributed by atoms with E-state index in [0.717, 1.165) is 10.9 Å². The molecule has 9 nitrogen and oxygen atoms in total. The molecule has 9 heteroatoms. The number of benzene rings is 1. The number of hydrogen-bond donors (Lipinski definition) is 4. The van der Waals surface area contributed by atoms with Gasteiger partial charge >= 0.3 is 12.1 Å². The van der Waals surface area contributed by atoms with Crippen LogP contribution in [0, 0.1) is 5.41 Å². The summed E-state index contributed by atoms with van der Waals surface area (Å²) in [7, 11) is 0. The van der Waals surface area contributed by atoms with E-state index >= 15 is 0 Å². The number of H-pyrrole nitrogens is 1. The molecule has 3 heterocycles. The van der Waals surface area contributed by atoms with Crippen molar-refractivity contribution in [3.05, 3.63) is 36.0 Å². The zero-order valence-corrected chi connectivity index (χ0v) is 18.5. The number of aliphatic hydroxyl groups is 1. The van der Waals surface area contributed by atoms with Crippen LogP contribution in [-0.4, -0.2) is 62.0 Å². The highest BCUT2D eigenvalue weighted by atomic mass is 16.6. The number of piperidine rings is 1. The zero-order chi connectivity index (χ0) is 23.3. The number of aliphatic carboxylic acids is 1. The second-order valence-electron chi connectivity index (χ2n) is 9.78. The number of carboxylic acid groups (broad SMARTS) is 1. The number of rotatable bonds is 4. The first kappa shape index (κ1) is 22.1. The van der Waals surface area contributed by atoms with Gasteiger partial charge in [-0.3, -0.25) is 9.59 Å². The minimum Gasteiger partial charge on any atom is -0.480 e. The monoisotopic (exact) mass is 443 g/mol. The summed E-state index contributed by atoms with van der Waals surface area (Å²) in [6.07, 6.45) is 1.53. The van der Waals surface area contributed by atoms with Crippen molar-refractivity contribution in [3.63, 3.8) is 0 Å². The van der Waals surface area contributed by atoms with Crippen LogP contribution in [0.5, 0.6) is 0 Å². The molecule has 0 radical (unpaired) electrons. The van der Waals surface area contributed by atoms with Crippen LogP contribution in [0.1, 0.15) is 45.6 Å². The highest BCUT2D eigenvalue weighted by molar-refractivity contribution is 6.05. The van der Waals surface area contributed by atoms with Crippen LogP contribution in [0.15, 0.2) is 30.5 Å². The van der Waals surface area contributed by atoms with Crippen molar-refractivity contribution >= 4 is 28.9 Å². The fourth-order valence-electron chi connectivity index (χ4n) is 4.96. The first-order valence-electron chi connectivity index (χ1n) is 10.8. The number of para-hydroxylation sites is 1. The van der Waals surface area contributed by atoms with Gasteiger partial charge in [-0.05, 0) is 51.7 Å². The number of nitrogens with one attached hydrogen (secondary N) is 2. The number of amides is 2. The van der Waals surface area contributed by atoms with Crippen molar-refractivity contribution in [2.45, 2.75) is 63.8 Å². The van der Waals surface area contributed by atoms with E-state index < -0.39 is 40.8 Å². The van der Waals surface area contributed by atoms with Gasteiger partial charge in [0.2, 0.25) is 5.91 Å². The van der Waals surface area contributed by atoms with Gasteiger partial charge < -0.3 is 30.2 Å². The Hall–Kier alpha value is -3.07. The fraction of sp³-hybridized carbons (Fsp3) is 0.522. The lowest BCUT2D eigenvalue weighted by atomic mass is 9.76. The smallest absolute Gasteiger partial charge is 0.408 e. The molecule has 2 saturated heterocycles. The van der Waals surface area contributed by atoms with E-state index in [0.29, 0.717) is 18.4 Å². The maximum Gasteiger partial charge on any atom is 0.408 e. The molecule has 1 aromatic heterocycles. The number of fused-ring (bicyclic) bond motifs is 2. The van der Waals surface area contributed by atoms with Crippen molar-refractivity contribution < 1.29 is 29.3 Å². The third kappa shape index (κ3) is 3.60. The van der Waals surface area contributed by atoms with Crippen molar-refractivity contribution in [1.29, 1.82) is 0 Å². The summed E-state index contributed by atoms with van der Waals surface area (Å²) in [4.78, 5) is 42.7. The summed E-state index contributed by atoms with van der Waals surface area (Å²) < 4.78 is 5.31. The van der Waals surface area contributed by atoms with Crippen LogP contribution in [0.2, 0.25) is 0 Å². The molecule has 4 rings (SSSR count). The van der Waals surface area contributed by atoms with Crippen molar-refractivity contribution in [1.82, 2.24) is 15.2 Å². The minimum atomic E-state index is -1.84. The highest BCUT2D eigenvalue weighted by Gasteiger charge is 2.66. The van der Waals surface area contributed by atoms with E-state index in [4.69, 9.17) is 4.74 Å². The van der Waals surface area contributed by atoms with Crippen LogP contribution >= 0.6 is 0 Å². The molecule has 0 bridgehead atoms. The standard InChI is InChI=1S/C23H29N3O6/c1-21(2,3)32-20(30)25-17-9-6-10-26-18(27)22(19(28)29,13-23(17,26)31)11-14-12-24-16-8-5-4-7-15(14)16/h4-5,7-8,12,17,24,31H,6,9-11,13H2,1-3H3,(H,25,30)(H,28,29). The number of hydrogen-bond acceptors (Lipinski definition) is 5. The fourth-order valence-corrected chi connectivity index (χ4v) is 4.96. The first-order chi connectivity index (χ1) is 15.0. The van der Waals surface area contributed by atoms with Gasteiger partial charge in [0.05, 0.1) is 6.04 Å². The Morgan fingerprint density at radius 1 is 1.31 bits per heavy atom. The van der Waals surface area contributed by atoms with Gasteiger partial charge in [0.25, 0.3) is 0 Å². The molecule has 1 aromatic carbocycles. The Morgan fingerprint density at radius 2 is 2.03 bits per heavy atom. The highest BCUT2D eigenvalue weighted by Crippen LogP contribution is 2.48. The SMILES string of the molecule is CC(C)(C)OC(=O)NC1CCCN2C(=O)C(Cc3c[nH]c4ccccc34)(C(=O)O)CC12O. The molecule has 172 valence electrons. The third-order valence-electron chi connectivity index (χ3n) is 6.38. The van der Waals surface area contributed by atoms with Gasteiger partial charge in [-0.25, -0.2) is 4.79 Å². The van der Waals surface area contributed by atoms with Crippen LogP contribution in [0.4, 0.5) is 4.79 Å². The topological polar surface area (TPSA) is 132 Å². The molecule has 2 aliphatic rings. The van der Waals surface area contributed by atoms with Gasteiger partial charge in [-0.1, -0.05) is 18.2 Å². The molecular formula is C23H29N3O6. The first-order valence-corrected chi connectivity index (χ1v) is 10.8. The van der Waals surface area contributed by atoms with E-state index in [1.165, 1.54) is 4.90 Å². The number of carboxylic acids is 1. The van der Waals surface area contributed by atoms with E-state index in [1.807, 2.05) is 24.3 Å². The number of ether oxygens (including phenoxy) is 1. The van der Waals surface area contributed by atoms with E-state index in [2.05, 4.69) is 10.3 Å². The van der Waals surface area contributed by atoms with Gasteiger partial charge in [-0.2, -0.15) is 0 Å². The second-order valence-corrected chi connectivity index (χ2v) is 9.78. The number of nitrogens with zero attached hydrogens (tertiary/aromatic N) is 1. The summed E-state index contributed by atoms with van der Waals surface area (Å²) in [5.74, 6) is -1.92. The molecule has 2 aliphatic heterocycles. The van der Waals surface area contributed by atoms with Gasteiger partial charge in [0.1, 0.15) is 5.60 Å². The van der Waals surface area contributed by atoms with E-state index in [1.54, 1.807) is 27.0 Å². The normalized spacial score (nSPS) is 27.9. The zero-order valence-electron chi connectivity index (χ0n) is 18.5. The van der Waals surface area contributed by atoms with Gasteiger partial charge in [0, 0.05) is 30.1 Å². The molecule has 2 fully saturated rings. The van der Waals surface area contributed by atoms with Crippen molar-refractivity contribution in [3.8, 4) is 0 Å². The molecule has 32 heavy (non-hydrogen) atoms. The lowest BCUT2D eigenvalue weighted by Gasteiger charge is -2.44. The number of aromatic nitrogens is 1. The average Bonchev–Trinajstić information content (AvgIpc) is 3.19. The largest absolute Gasteiger partial charge is 0.480 e. The molecule has 3 unspecified atom stereocenters. The van der Waals surface area contributed by atoms with Gasteiger partial charge in [0.15, 0.2) is 11.1 Å². The second kappa shape index (κ2) is 7.51. The van der Waals surface area contributed by atoms with Crippen LogP contribution in [0.3, 0.4) is 0 Å². The maximum atomic E-state index is 13.5. The molecule has 2 aromatic rings. The third-order valence-corrected chi connectivity index (χ3v) is 6.38. The number of alkyl carbamates (subject to hydrolysis) is 1. The van der Waals surface area contributed by atoms with Crippen LogP contribution < -0.4 is 5.32 Å². The quantitative estimate of drug-likeness (QED) is 0.537. The number of carbonyl (C=O) groups excluding carboxylic acids is 2. The molecular weight excluding hydrogens is 414 g/mol. The lowest BCUT2D eigenvalue weighted by molar-refractivity contribution is -0.161. The van der Waals surface area contributed by atoms with E-state index in [-0.39, 0.29) is 19.4 Å². The lowest BCUT2D eigenvalue weighted by Crippen LogP contribution is -2.63. The molecule has 0 spiro atoms.